The summed E-state index contributed by atoms with van der Waals surface area (Å²) < 4.78 is 5.88. The summed E-state index contributed by atoms with van der Waals surface area (Å²) in [5.41, 5.74) is 2.34. The maximum atomic E-state index is 13.0. The number of H-pyrrole nitrogens is 1. The van der Waals surface area contributed by atoms with Gasteiger partial charge in [0.1, 0.15) is 0 Å². The normalized spacial score (nSPS) is 18.4. The van der Waals surface area contributed by atoms with E-state index in [-0.39, 0.29) is 17.7 Å². The Morgan fingerprint density at radius 3 is 2.88 bits per heavy atom. The first kappa shape index (κ1) is 22.4. The highest BCUT2D eigenvalue weighted by Crippen LogP contribution is 2.22. The van der Waals surface area contributed by atoms with Crippen LogP contribution in [0, 0.1) is 5.92 Å². The number of anilines is 1. The Bertz CT molecular complexity index is 1040. The van der Waals surface area contributed by atoms with Crippen LogP contribution < -0.4 is 10.2 Å². The predicted octanol–water partition coefficient (Wildman–Crippen LogP) is 4.07. The van der Waals surface area contributed by atoms with Gasteiger partial charge in [0.2, 0.25) is 5.76 Å². The summed E-state index contributed by atoms with van der Waals surface area (Å²) in [5, 5.41) is 4.42. The van der Waals surface area contributed by atoms with Gasteiger partial charge in [0, 0.05) is 48.8 Å². The van der Waals surface area contributed by atoms with Gasteiger partial charge in [0.05, 0.1) is 6.20 Å². The van der Waals surface area contributed by atoms with Crippen LogP contribution in [0.5, 0.6) is 0 Å². The standard InChI is InChI=1S/C25H35N5O2/c1-17(2)9-10-20(13-19-14-26-22-8-6-5-7-21(19)22)28-24(31)23-15-27-25(32-23)30-12-11-29(4)18(3)16-30/h5-8,14-15,17-18,20,26H,9-13,16H2,1-4H3,(H,28,31). The Kier molecular flexibility index (Phi) is 6.84. The Morgan fingerprint density at radius 2 is 2.09 bits per heavy atom. The van der Waals surface area contributed by atoms with Crippen molar-refractivity contribution >= 4 is 22.8 Å². The molecule has 2 unspecified atom stereocenters. The van der Waals surface area contributed by atoms with Crippen LogP contribution in [-0.2, 0) is 6.42 Å². The second kappa shape index (κ2) is 9.77. The lowest BCUT2D eigenvalue weighted by atomic mass is 9.97. The van der Waals surface area contributed by atoms with Crippen LogP contribution in [0.1, 0.15) is 49.7 Å². The second-order valence-electron chi connectivity index (χ2n) is 9.49. The van der Waals surface area contributed by atoms with Crippen LogP contribution >= 0.6 is 0 Å². The Balaban J connectivity index is 1.45. The van der Waals surface area contributed by atoms with E-state index in [0.717, 1.165) is 44.4 Å². The van der Waals surface area contributed by atoms with E-state index in [0.29, 0.717) is 18.0 Å². The van der Waals surface area contributed by atoms with Crippen LogP contribution in [0.4, 0.5) is 6.01 Å². The molecule has 2 N–H and O–H groups in total. The van der Waals surface area contributed by atoms with Crippen molar-refractivity contribution in [1.82, 2.24) is 20.2 Å². The first-order valence-electron chi connectivity index (χ1n) is 11.7. The van der Waals surface area contributed by atoms with Gasteiger partial charge in [0.25, 0.3) is 11.9 Å². The highest BCUT2D eigenvalue weighted by atomic mass is 16.4. The van der Waals surface area contributed by atoms with Gasteiger partial charge in [-0.15, -0.1) is 0 Å². The Morgan fingerprint density at radius 1 is 1.28 bits per heavy atom. The van der Waals surface area contributed by atoms with Gasteiger partial charge in [-0.3, -0.25) is 4.79 Å². The van der Waals surface area contributed by atoms with E-state index in [9.17, 15) is 4.79 Å². The fourth-order valence-corrected chi connectivity index (χ4v) is 4.32. The number of aromatic amines is 1. The molecule has 0 saturated carbocycles. The van der Waals surface area contributed by atoms with E-state index in [1.165, 1.54) is 10.9 Å². The molecule has 1 aliphatic heterocycles. The number of hydrogen-bond donors (Lipinski definition) is 2. The van der Waals surface area contributed by atoms with E-state index in [1.807, 2.05) is 6.07 Å². The molecule has 2 aromatic heterocycles. The molecular weight excluding hydrogens is 402 g/mol. The number of nitrogens with one attached hydrogen (secondary N) is 2. The van der Waals surface area contributed by atoms with E-state index >= 15 is 0 Å². The van der Waals surface area contributed by atoms with Crippen LogP contribution in [0.3, 0.4) is 0 Å². The average molecular weight is 438 g/mol. The lowest BCUT2D eigenvalue weighted by Crippen LogP contribution is -2.50. The summed E-state index contributed by atoms with van der Waals surface area (Å²) in [5.74, 6) is 0.660. The first-order chi connectivity index (χ1) is 15.4. The van der Waals surface area contributed by atoms with Gasteiger partial charge in [-0.1, -0.05) is 32.0 Å². The van der Waals surface area contributed by atoms with Crippen LogP contribution in [0.15, 0.2) is 41.1 Å². The third kappa shape index (κ3) is 5.15. The molecule has 2 atom stereocenters. The van der Waals surface area contributed by atoms with Crippen molar-refractivity contribution in [2.45, 2.75) is 52.1 Å². The molecule has 1 amide bonds. The quantitative estimate of drug-likeness (QED) is 0.555. The SMILES string of the molecule is CC(C)CCC(Cc1c[nH]c2ccccc12)NC(=O)c1cnc(N2CCN(C)C(C)C2)o1. The molecule has 0 spiro atoms. The number of benzene rings is 1. The molecule has 4 rings (SSSR count). The number of aromatic nitrogens is 2. The van der Waals surface area contributed by atoms with Crippen LogP contribution in [0.2, 0.25) is 0 Å². The first-order valence-corrected chi connectivity index (χ1v) is 11.7. The van der Waals surface area contributed by atoms with Crippen molar-refractivity contribution in [1.29, 1.82) is 0 Å². The highest BCUT2D eigenvalue weighted by Gasteiger charge is 2.25. The summed E-state index contributed by atoms with van der Waals surface area (Å²) >= 11 is 0. The number of rotatable bonds is 8. The number of piperazine rings is 1. The monoisotopic (exact) mass is 437 g/mol. The lowest BCUT2D eigenvalue weighted by molar-refractivity contribution is 0.0905. The fourth-order valence-electron chi connectivity index (χ4n) is 4.32. The Labute approximate surface area is 190 Å². The summed E-state index contributed by atoms with van der Waals surface area (Å²) in [6, 6.07) is 9.27. The van der Waals surface area contributed by atoms with Crippen molar-refractivity contribution in [3.05, 3.63) is 48.0 Å². The minimum Gasteiger partial charge on any atom is -0.418 e. The molecule has 0 bridgehead atoms. The number of para-hydroxylation sites is 1. The molecule has 3 heterocycles. The summed E-state index contributed by atoms with van der Waals surface area (Å²) in [7, 11) is 2.13. The number of carbonyl (C=O) groups is 1. The molecular formula is C25H35N5O2. The van der Waals surface area contributed by atoms with Crippen molar-refractivity contribution in [3.63, 3.8) is 0 Å². The van der Waals surface area contributed by atoms with Crippen molar-refractivity contribution in [2.24, 2.45) is 5.92 Å². The molecule has 7 heteroatoms. The fraction of sp³-hybridized carbons (Fsp3) is 0.520. The minimum absolute atomic E-state index is 0.0290. The van der Waals surface area contributed by atoms with Gasteiger partial charge >= 0.3 is 0 Å². The molecule has 7 nitrogen and oxygen atoms in total. The number of fused-ring (bicyclic) bond motifs is 1. The largest absolute Gasteiger partial charge is 0.418 e. The van der Waals surface area contributed by atoms with Gasteiger partial charge in [-0.25, -0.2) is 4.98 Å². The molecule has 3 aromatic rings. The number of oxazole rings is 1. The van der Waals surface area contributed by atoms with Crippen LogP contribution in [-0.4, -0.2) is 59.5 Å². The molecule has 32 heavy (non-hydrogen) atoms. The molecule has 1 aliphatic rings. The van der Waals surface area contributed by atoms with Crippen molar-refractivity contribution in [2.75, 3.05) is 31.6 Å². The maximum absolute atomic E-state index is 13.0. The van der Waals surface area contributed by atoms with Gasteiger partial charge in [-0.2, -0.15) is 0 Å². The zero-order valence-corrected chi connectivity index (χ0v) is 19.6. The van der Waals surface area contributed by atoms with E-state index in [1.54, 1.807) is 6.20 Å². The van der Waals surface area contributed by atoms with Crippen molar-refractivity contribution in [3.8, 4) is 0 Å². The third-order valence-corrected chi connectivity index (χ3v) is 6.52. The zero-order valence-electron chi connectivity index (χ0n) is 19.6. The van der Waals surface area contributed by atoms with Crippen molar-refractivity contribution < 1.29 is 9.21 Å². The average Bonchev–Trinajstić information content (AvgIpc) is 3.42. The number of amides is 1. The summed E-state index contributed by atoms with van der Waals surface area (Å²) in [6.07, 6.45) is 6.35. The lowest BCUT2D eigenvalue weighted by Gasteiger charge is -2.36. The van der Waals surface area contributed by atoms with E-state index < -0.39 is 0 Å². The van der Waals surface area contributed by atoms with E-state index in [2.05, 4.69) is 77.3 Å². The molecule has 0 radical (unpaired) electrons. The van der Waals surface area contributed by atoms with E-state index in [4.69, 9.17) is 4.42 Å². The minimum atomic E-state index is -0.195. The second-order valence-corrected chi connectivity index (χ2v) is 9.49. The third-order valence-electron chi connectivity index (χ3n) is 6.52. The molecule has 0 aliphatic carbocycles. The van der Waals surface area contributed by atoms with Gasteiger partial charge < -0.3 is 24.5 Å². The zero-order chi connectivity index (χ0) is 22.7. The summed E-state index contributed by atoms with van der Waals surface area (Å²) in [6.45, 7) is 9.25. The number of likely N-dealkylation sites (N-methyl/N-ethyl adjacent to an activating group) is 1. The molecule has 172 valence electrons. The molecule has 1 aromatic carbocycles. The maximum Gasteiger partial charge on any atom is 0.298 e. The number of carbonyl (C=O) groups excluding carboxylic acids is 1. The summed E-state index contributed by atoms with van der Waals surface area (Å²) in [4.78, 5) is 25.2. The van der Waals surface area contributed by atoms with Gasteiger partial charge in [0.15, 0.2) is 0 Å². The Hall–Kier alpha value is -2.80. The predicted molar refractivity (Wildman–Crippen MR) is 128 cm³/mol. The highest BCUT2D eigenvalue weighted by molar-refractivity contribution is 5.91. The number of nitrogens with zero attached hydrogens (tertiary/aromatic N) is 3. The molecule has 1 fully saturated rings. The smallest absolute Gasteiger partial charge is 0.298 e. The number of hydrogen-bond acceptors (Lipinski definition) is 5. The topological polar surface area (TPSA) is 77.4 Å². The van der Waals surface area contributed by atoms with Crippen LogP contribution in [0.25, 0.3) is 10.9 Å². The van der Waals surface area contributed by atoms with Gasteiger partial charge in [-0.05, 0) is 50.8 Å². The molecule has 1 saturated heterocycles.